The molecule has 2 N–H and O–H groups in total. The summed E-state index contributed by atoms with van der Waals surface area (Å²) in [6.07, 6.45) is 0. The first-order valence-electron chi connectivity index (χ1n) is 6.52. The lowest BCUT2D eigenvalue weighted by Gasteiger charge is -2.19. The van der Waals surface area contributed by atoms with Crippen LogP contribution in [0.2, 0.25) is 0 Å². The predicted octanol–water partition coefficient (Wildman–Crippen LogP) is 3.72. The molecule has 0 bridgehead atoms. The second-order valence-electron chi connectivity index (χ2n) is 4.64. The molecular formula is C16H18FNO3. The molecule has 0 heterocycles. The third-order valence-corrected chi connectivity index (χ3v) is 3.24. The second kappa shape index (κ2) is 6.35. The lowest BCUT2D eigenvalue weighted by atomic mass is 10.1. The minimum absolute atomic E-state index is 0.135. The van der Waals surface area contributed by atoms with Crippen LogP contribution in [0, 0.1) is 5.82 Å². The third-order valence-electron chi connectivity index (χ3n) is 3.24. The molecule has 21 heavy (non-hydrogen) atoms. The first-order chi connectivity index (χ1) is 10.0. The summed E-state index contributed by atoms with van der Waals surface area (Å²) >= 11 is 0. The van der Waals surface area contributed by atoms with Gasteiger partial charge in [-0.25, -0.2) is 4.39 Å². The van der Waals surface area contributed by atoms with Crippen molar-refractivity contribution in [1.82, 2.24) is 0 Å². The molecule has 0 aliphatic heterocycles. The summed E-state index contributed by atoms with van der Waals surface area (Å²) in [5, 5.41) is 13.2. The fraction of sp³-hybridized carbons (Fsp3) is 0.250. The van der Waals surface area contributed by atoms with E-state index < -0.39 is 0 Å². The molecule has 0 saturated carbocycles. The van der Waals surface area contributed by atoms with Gasteiger partial charge in [0.15, 0.2) is 0 Å². The van der Waals surface area contributed by atoms with E-state index in [1.54, 1.807) is 31.4 Å². The molecule has 5 heteroatoms. The largest absolute Gasteiger partial charge is 0.507 e. The molecule has 0 aliphatic rings. The van der Waals surface area contributed by atoms with Crippen molar-refractivity contribution < 1.29 is 19.0 Å². The van der Waals surface area contributed by atoms with Gasteiger partial charge in [0.1, 0.15) is 23.1 Å². The maximum Gasteiger partial charge on any atom is 0.144 e. The summed E-state index contributed by atoms with van der Waals surface area (Å²) in [6, 6.07) is 9.18. The molecule has 0 spiro atoms. The number of nitrogens with one attached hydrogen (secondary N) is 1. The Labute approximate surface area is 123 Å². The number of halogens is 1. The van der Waals surface area contributed by atoms with Crippen molar-refractivity contribution in [1.29, 1.82) is 0 Å². The molecule has 2 rings (SSSR count). The molecule has 0 fully saturated rings. The minimum atomic E-state index is -0.364. The SMILES string of the molecule is COc1ccc(C(C)Nc2ccc(F)cc2OC)c(O)c1. The van der Waals surface area contributed by atoms with Crippen LogP contribution in [0.15, 0.2) is 36.4 Å². The van der Waals surface area contributed by atoms with E-state index in [4.69, 9.17) is 9.47 Å². The molecule has 4 nitrogen and oxygen atoms in total. The maximum absolute atomic E-state index is 13.2. The average molecular weight is 291 g/mol. The standard InChI is InChI=1S/C16H18FNO3/c1-10(13-6-5-12(20-2)9-15(13)19)18-14-7-4-11(17)8-16(14)21-3/h4-10,18-19H,1-3H3. The Bertz CT molecular complexity index is 631. The number of ether oxygens (including phenoxy) is 2. The van der Waals surface area contributed by atoms with E-state index in [0.29, 0.717) is 22.7 Å². The number of phenolic OH excluding ortho intramolecular Hbond substituents is 1. The molecule has 0 radical (unpaired) electrons. The number of hydrogen-bond donors (Lipinski definition) is 2. The van der Waals surface area contributed by atoms with Crippen LogP contribution < -0.4 is 14.8 Å². The van der Waals surface area contributed by atoms with Crippen molar-refractivity contribution in [3.05, 3.63) is 47.8 Å². The van der Waals surface area contributed by atoms with Crippen molar-refractivity contribution in [2.24, 2.45) is 0 Å². The highest BCUT2D eigenvalue weighted by atomic mass is 19.1. The van der Waals surface area contributed by atoms with Crippen LogP contribution in [0.5, 0.6) is 17.2 Å². The van der Waals surface area contributed by atoms with Crippen LogP contribution in [0.3, 0.4) is 0 Å². The van der Waals surface area contributed by atoms with Gasteiger partial charge in [-0.3, -0.25) is 0 Å². The monoisotopic (exact) mass is 291 g/mol. The van der Waals surface area contributed by atoms with Gasteiger partial charge < -0.3 is 19.9 Å². The Morgan fingerprint density at radius 1 is 1.10 bits per heavy atom. The van der Waals surface area contributed by atoms with Crippen LogP contribution >= 0.6 is 0 Å². The normalized spacial score (nSPS) is 11.8. The lowest BCUT2D eigenvalue weighted by molar-refractivity contribution is 0.405. The topological polar surface area (TPSA) is 50.7 Å². The van der Waals surface area contributed by atoms with Crippen molar-refractivity contribution in [3.63, 3.8) is 0 Å². The van der Waals surface area contributed by atoms with Gasteiger partial charge in [0, 0.05) is 17.7 Å². The van der Waals surface area contributed by atoms with Crippen molar-refractivity contribution in [3.8, 4) is 17.2 Å². The number of phenols is 1. The molecule has 1 atom stereocenters. The Kier molecular flexibility index (Phi) is 4.52. The van der Waals surface area contributed by atoms with E-state index in [1.807, 2.05) is 6.92 Å². The van der Waals surface area contributed by atoms with E-state index in [0.717, 1.165) is 0 Å². The zero-order valence-electron chi connectivity index (χ0n) is 12.2. The Balaban J connectivity index is 2.23. The van der Waals surface area contributed by atoms with Crippen LogP contribution in [0.4, 0.5) is 10.1 Å². The van der Waals surface area contributed by atoms with Crippen LogP contribution in [0.25, 0.3) is 0 Å². The molecule has 112 valence electrons. The van der Waals surface area contributed by atoms with Crippen LogP contribution in [0.1, 0.15) is 18.5 Å². The van der Waals surface area contributed by atoms with E-state index in [2.05, 4.69) is 5.32 Å². The van der Waals surface area contributed by atoms with Gasteiger partial charge in [-0.2, -0.15) is 0 Å². The molecule has 0 amide bonds. The second-order valence-corrected chi connectivity index (χ2v) is 4.64. The Morgan fingerprint density at radius 3 is 2.48 bits per heavy atom. The highest BCUT2D eigenvalue weighted by Gasteiger charge is 2.13. The van der Waals surface area contributed by atoms with E-state index in [9.17, 15) is 9.50 Å². The summed E-state index contributed by atoms with van der Waals surface area (Å²) in [5.41, 5.74) is 1.36. The zero-order valence-corrected chi connectivity index (χ0v) is 12.2. The number of aromatic hydroxyl groups is 1. The number of methoxy groups -OCH3 is 2. The highest BCUT2D eigenvalue weighted by molar-refractivity contribution is 5.58. The molecule has 1 unspecified atom stereocenters. The predicted molar refractivity (Wildman–Crippen MR) is 79.6 cm³/mol. The molecular weight excluding hydrogens is 273 g/mol. The fourth-order valence-electron chi connectivity index (χ4n) is 2.11. The van der Waals surface area contributed by atoms with Gasteiger partial charge in [-0.1, -0.05) is 0 Å². The average Bonchev–Trinajstić information content (AvgIpc) is 2.48. The minimum Gasteiger partial charge on any atom is -0.507 e. The zero-order chi connectivity index (χ0) is 15.4. The van der Waals surface area contributed by atoms with Crippen molar-refractivity contribution in [2.45, 2.75) is 13.0 Å². The lowest BCUT2D eigenvalue weighted by Crippen LogP contribution is -2.08. The van der Waals surface area contributed by atoms with Gasteiger partial charge in [0.05, 0.1) is 25.9 Å². The van der Waals surface area contributed by atoms with Gasteiger partial charge in [-0.15, -0.1) is 0 Å². The molecule has 0 aromatic heterocycles. The van der Waals surface area contributed by atoms with Gasteiger partial charge in [0.25, 0.3) is 0 Å². The summed E-state index contributed by atoms with van der Waals surface area (Å²) < 4.78 is 23.4. The van der Waals surface area contributed by atoms with Gasteiger partial charge >= 0.3 is 0 Å². The number of anilines is 1. The van der Waals surface area contributed by atoms with Crippen LogP contribution in [-0.2, 0) is 0 Å². The summed E-state index contributed by atoms with van der Waals surface area (Å²) in [6.45, 7) is 1.89. The van der Waals surface area contributed by atoms with E-state index >= 15 is 0 Å². The number of hydrogen-bond acceptors (Lipinski definition) is 4. The van der Waals surface area contributed by atoms with Crippen LogP contribution in [-0.4, -0.2) is 19.3 Å². The summed E-state index contributed by atoms with van der Waals surface area (Å²) in [4.78, 5) is 0. The number of benzene rings is 2. The van der Waals surface area contributed by atoms with E-state index in [-0.39, 0.29) is 17.6 Å². The number of rotatable bonds is 5. The Hall–Kier alpha value is -2.43. The highest BCUT2D eigenvalue weighted by Crippen LogP contribution is 2.33. The molecule has 2 aromatic rings. The first kappa shape index (κ1) is 15.0. The molecule has 2 aromatic carbocycles. The Morgan fingerprint density at radius 2 is 1.86 bits per heavy atom. The smallest absolute Gasteiger partial charge is 0.144 e. The van der Waals surface area contributed by atoms with E-state index in [1.165, 1.54) is 19.2 Å². The molecule has 0 aliphatic carbocycles. The first-order valence-corrected chi connectivity index (χ1v) is 6.52. The van der Waals surface area contributed by atoms with Crippen molar-refractivity contribution >= 4 is 5.69 Å². The summed E-state index contributed by atoms with van der Waals surface area (Å²) in [5.74, 6) is 0.769. The van der Waals surface area contributed by atoms with Gasteiger partial charge in [0.2, 0.25) is 0 Å². The quantitative estimate of drug-likeness (QED) is 0.881. The fourth-order valence-corrected chi connectivity index (χ4v) is 2.11. The van der Waals surface area contributed by atoms with Gasteiger partial charge in [-0.05, 0) is 31.2 Å². The summed E-state index contributed by atoms with van der Waals surface area (Å²) in [7, 11) is 3.02. The maximum atomic E-state index is 13.2. The molecule has 0 saturated heterocycles. The van der Waals surface area contributed by atoms with Crippen molar-refractivity contribution in [2.75, 3.05) is 19.5 Å². The third kappa shape index (κ3) is 3.37.